The van der Waals surface area contributed by atoms with Gasteiger partial charge in [-0.15, -0.1) is 0 Å². The summed E-state index contributed by atoms with van der Waals surface area (Å²) in [6, 6.07) is 21.4. The van der Waals surface area contributed by atoms with Crippen LogP contribution in [0, 0.1) is 13.8 Å². The monoisotopic (exact) mass is 609 g/mol. The third kappa shape index (κ3) is 8.58. The molecule has 9 heteroatoms. The average molecular weight is 610 g/mol. The van der Waals surface area contributed by atoms with E-state index in [0.717, 1.165) is 64.9 Å². The van der Waals surface area contributed by atoms with Crippen molar-refractivity contribution in [2.75, 3.05) is 17.1 Å². The molecule has 42 heavy (non-hydrogen) atoms. The van der Waals surface area contributed by atoms with Crippen LogP contribution in [0.3, 0.4) is 0 Å². The molecule has 3 aromatic carbocycles. The minimum Gasteiger partial charge on any atom is -0.352 e. The molecule has 1 fully saturated rings. The molecule has 0 heterocycles. The lowest BCUT2D eigenvalue weighted by Crippen LogP contribution is -2.55. The Labute approximate surface area is 254 Å². The Morgan fingerprint density at radius 1 is 0.929 bits per heavy atom. The summed E-state index contributed by atoms with van der Waals surface area (Å²) in [5, 5.41) is 3.78. The number of nitrogens with one attached hydrogen (secondary N) is 1. The summed E-state index contributed by atoms with van der Waals surface area (Å²) in [4.78, 5) is 29.8. The first-order valence-corrected chi connectivity index (χ1v) is 16.7. The maximum atomic E-state index is 14.3. The van der Waals surface area contributed by atoms with E-state index in [1.807, 2.05) is 68.4 Å². The largest absolute Gasteiger partial charge is 0.352 e. The van der Waals surface area contributed by atoms with E-state index in [1.54, 1.807) is 18.2 Å². The predicted molar refractivity (Wildman–Crippen MR) is 169 cm³/mol. The number of hydrogen-bond donors (Lipinski definition) is 1. The summed E-state index contributed by atoms with van der Waals surface area (Å²) in [6.45, 7) is 3.39. The Hall–Kier alpha value is -3.36. The van der Waals surface area contributed by atoms with Crippen molar-refractivity contribution in [1.82, 2.24) is 10.2 Å². The number of rotatable bonds is 11. The normalized spacial score (nSPS) is 14.7. The fourth-order valence-corrected chi connectivity index (χ4v) is 6.49. The van der Waals surface area contributed by atoms with Crippen molar-refractivity contribution < 1.29 is 18.0 Å². The van der Waals surface area contributed by atoms with Crippen LogP contribution >= 0.6 is 11.6 Å². The molecule has 2 amide bonds. The number of halogens is 1. The van der Waals surface area contributed by atoms with Crippen molar-refractivity contribution >= 4 is 39.1 Å². The molecule has 7 nitrogen and oxygen atoms in total. The van der Waals surface area contributed by atoms with E-state index < -0.39 is 28.5 Å². The van der Waals surface area contributed by atoms with Crippen molar-refractivity contribution in [3.8, 4) is 0 Å². The Morgan fingerprint density at radius 3 is 2.24 bits per heavy atom. The number of amides is 2. The SMILES string of the molecule is Cc1ccc(C)c(N(CC(=O)N(Cc2ccc(Cl)cc2)[C@@H](Cc2ccccc2)C(=O)NC2CCCCC2)S(C)(=O)=O)c1. The number of carbonyl (C=O) groups is 2. The van der Waals surface area contributed by atoms with Crippen molar-refractivity contribution in [3.63, 3.8) is 0 Å². The second-order valence-corrected chi connectivity index (χ2v) is 13.6. The van der Waals surface area contributed by atoms with Crippen LogP contribution in [0.1, 0.15) is 54.4 Å². The van der Waals surface area contributed by atoms with E-state index in [4.69, 9.17) is 11.6 Å². The molecule has 1 atom stereocenters. The van der Waals surface area contributed by atoms with Crippen LogP contribution in [0.4, 0.5) is 5.69 Å². The van der Waals surface area contributed by atoms with Gasteiger partial charge in [0.05, 0.1) is 11.9 Å². The second kappa shape index (κ2) is 14.2. The Morgan fingerprint density at radius 2 is 1.60 bits per heavy atom. The number of carbonyl (C=O) groups excluding carboxylic acids is 2. The van der Waals surface area contributed by atoms with Gasteiger partial charge in [-0.3, -0.25) is 13.9 Å². The van der Waals surface area contributed by atoms with Gasteiger partial charge >= 0.3 is 0 Å². The zero-order valence-electron chi connectivity index (χ0n) is 24.6. The van der Waals surface area contributed by atoms with Crippen molar-refractivity contribution in [1.29, 1.82) is 0 Å². The van der Waals surface area contributed by atoms with Crippen LogP contribution in [0.25, 0.3) is 0 Å². The van der Waals surface area contributed by atoms with E-state index in [9.17, 15) is 18.0 Å². The van der Waals surface area contributed by atoms with Gasteiger partial charge in [0, 0.05) is 24.0 Å². The van der Waals surface area contributed by atoms with Gasteiger partial charge in [0.2, 0.25) is 21.8 Å². The fraction of sp³-hybridized carbons (Fsp3) is 0.394. The van der Waals surface area contributed by atoms with Crippen molar-refractivity contribution in [2.24, 2.45) is 0 Å². The second-order valence-electron chi connectivity index (χ2n) is 11.3. The van der Waals surface area contributed by atoms with E-state index in [-0.39, 0.29) is 18.5 Å². The molecule has 4 rings (SSSR count). The number of anilines is 1. The van der Waals surface area contributed by atoms with Crippen LogP contribution in [-0.2, 0) is 32.6 Å². The number of sulfonamides is 1. The molecule has 0 bridgehead atoms. The van der Waals surface area contributed by atoms with Gasteiger partial charge in [-0.05, 0) is 67.1 Å². The lowest BCUT2D eigenvalue weighted by molar-refractivity contribution is -0.140. The predicted octanol–water partition coefficient (Wildman–Crippen LogP) is 5.81. The van der Waals surface area contributed by atoms with Gasteiger partial charge in [0.1, 0.15) is 12.6 Å². The summed E-state index contributed by atoms with van der Waals surface area (Å²) in [5.41, 5.74) is 3.75. The van der Waals surface area contributed by atoms with Gasteiger partial charge in [-0.25, -0.2) is 8.42 Å². The summed E-state index contributed by atoms with van der Waals surface area (Å²) < 4.78 is 27.3. The molecule has 0 radical (unpaired) electrons. The summed E-state index contributed by atoms with van der Waals surface area (Å²) in [6.07, 6.45) is 6.47. The Kier molecular flexibility index (Phi) is 10.7. The quantitative estimate of drug-likeness (QED) is 0.297. The summed E-state index contributed by atoms with van der Waals surface area (Å²) >= 11 is 6.14. The zero-order valence-corrected chi connectivity index (χ0v) is 26.1. The first-order valence-electron chi connectivity index (χ1n) is 14.4. The minimum absolute atomic E-state index is 0.0551. The molecule has 3 aromatic rings. The van der Waals surface area contributed by atoms with Crippen LogP contribution in [-0.4, -0.2) is 50.0 Å². The zero-order chi connectivity index (χ0) is 30.3. The highest BCUT2D eigenvalue weighted by atomic mass is 35.5. The van der Waals surface area contributed by atoms with Crippen molar-refractivity contribution in [3.05, 3.63) is 100 Å². The molecule has 1 aliphatic carbocycles. The highest BCUT2D eigenvalue weighted by Gasteiger charge is 2.34. The van der Waals surface area contributed by atoms with E-state index in [0.29, 0.717) is 17.1 Å². The summed E-state index contributed by atoms with van der Waals surface area (Å²) in [5.74, 6) is -0.693. The highest BCUT2D eigenvalue weighted by molar-refractivity contribution is 7.92. The molecule has 1 saturated carbocycles. The number of nitrogens with zero attached hydrogens (tertiary/aromatic N) is 2. The van der Waals surface area contributed by atoms with Crippen LogP contribution < -0.4 is 9.62 Å². The molecule has 0 unspecified atom stereocenters. The van der Waals surface area contributed by atoms with E-state index >= 15 is 0 Å². The molecule has 1 N–H and O–H groups in total. The van der Waals surface area contributed by atoms with Gasteiger partial charge in [0.15, 0.2) is 0 Å². The number of aryl methyl sites for hydroxylation is 2. The molecule has 0 spiro atoms. The minimum atomic E-state index is -3.82. The molecule has 0 saturated heterocycles. The Bertz CT molecular complexity index is 1470. The number of benzene rings is 3. The standard InChI is InChI=1S/C33H40ClN3O4S/c1-24-14-15-25(2)30(20-24)37(42(3,40)41)23-32(38)36(22-27-16-18-28(34)19-17-27)31(21-26-10-6-4-7-11-26)33(39)35-29-12-8-5-9-13-29/h4,6-7,10-11,14-20,29,31H,5,8-9,12-13,21-23H2,1-3H3,(H,35,39)/t31-/m0/s1. The van der Waals surface area contributed by atoms with E-state index in [2.05, 4.69) is 5.32 Å². The maximum Gasteiger partial charge on any atom is 0.244 e. The van der Waals surface area contributed by atoms with Gasteiger partial charge in [-0.2, -0.15) is 0 Å². The third-order valence-corrected chi connectivity index (χ3v) is 9.18. The van der Waals surface area contributed by atoms with Gasteiger partial charge in [0.25, 0.3) is 0 Å². The van der Waals surface area contributed by atoms with Gasteiger partial charge < -0.3 is 10.2 Å². The average Bonchev–Trinajstić information content (AvgIpc) is 2.96. The highest BCUT2D eigenvalue weighted by Crippen LogP contribution is 2.26. The molecule has 0 aromatic heterocycles. The fourth-order valence-electron chi connectivity index (χ4n) is 5.47. The number of hydrogen-bond acceptors (Lipinski definition) is 4. The first-order chi connectivity index (χ1) is 20.0. The topological polar surface area (TPSA) is 86.8 Å². The van der Waals surface area contributed by atoms with E-state index in [1.165, 1.54) is 4.90 Å². The smallest absolute Gasteiger partial charge is 0.244 e. The lowest BCUT2D eigenvalue weighted by Gasteiger charge is -2.35. The maximum absolute atomic E-state index is 14.3. The van der Waals surface area contributed by atoms with Crippen molar-refractivity contribution in [2.45, 2.75) is 71.0 Å². The van der Waals surface area contributed by atoms with Gasteiger partial charge in [-0.1, -0.05) is 85.5 Å². The molecular weight excluding hydrogens is 570 g/mol. The molecule has 1 aliphatic rings. The van der Waals surface area contributed by atoms with Crippen LogP contribution in [0.15, 0.2) is 72.8 Å². The van der Waals surface area contributed by atoms with Crippen LogP contribution in [0.2, 0.25) is 5.02 Å². The summed E-state index contributed by atoms with van der Waals surface area (Å²) in [7, 11) is -3.82. The molecule has 224 valence electrons. The Balaban J connectivity index is 1.73. The lowest BCUT2D eigenvalue weighted by atomic mass is 9.94. The molecular formula is C33H40ClN3O4S. The molecule has 0 aliphatic heterocycles. The van der Waals surface area contributed by atoms with Crippen LogP contribution in [0.5, 0.6) is 0 Å². The first kappa shape index (κ1) is 31.6. The third-order valence-electron chi connectivity index (χ3n) is 7.80.